The lowest BCUT2D eigenvalue weighted by molar-refractivity contribution is 0.669. The predicted octanol–water partition coefficient (Wildman–Crippen LogP) is 12.8. The van der Waals surface area contributed by atoms with Gasteiger partial charge < -0.3 is 13.6 Å². The highest BCUT2D eigenvalue weighted by molar-refractivity contribution is 7.19. The molecule has 0 bridgehead atoms. The minimum atomic E-state index is -2.66. The molecule has 0 N–H and O–H groups in total. The van der Waals surface area contributed by atoms with E-state index in [1.165, 1.54) is 64.4 Å². The summed E-state index contributed by atoms with van der Waals surface area (Å²) in [6.45, 7) is 0. The van der Waals surface area contributed by atoms with Gasteiger partial charge in [0.25, 0.3) is 0 Å². The van der Waals surface area contributed by atoms with E-state index in [1.54, 1.807) is 0 Å². The van der Waals surface area contributed by atoms with Gasteiger partial charge in [-0.3, -0.25) is 0 Å². The van der Waals surface area contributed by atoms with Crippen molar-refractivity contribution in [3.05, 3.63) is 243 Å². The van der Waals surface area contributed by atoms with Gasteiger partial charge in [-0.25, -0.2) is 0 Å². The van der Waals surface area contributed by atoms with Gasteiger partial charge in [0.05, 0.1) is 22.1 Å². The van der Waals surface area contributed by atoms with Crippen molar-refractivity contribution in [3.63, 3.8) is 0 Å². The first-order valence-electron chi connectivity index (χ1n) is 22.0. The number of aromatic nitrogens is 2. The molecular weight excluding hydrogens is 793 g/mol. The lowest BCUT2D eigenvalue weighted by atomic mass is 10.0. The Labute approximate surface area is 371 Å². The molecule has 0 radical (unpaired) electrons. The van der Waals surface area contributed by atoms with Gasteiger partial charge in [-0.15, -0.1) is 0 Å². The first-order valence-corrected chi connectivity index (χ1v) is 24.0. The zero-order valence-electron chi connectivity index (χ0n) is 34.9. The number of fused-ring (bicyclic) bond motifs is 9. The molecule has 10 aromatic carbocycles. The van der Waals surface area contributed by atoms with Crippen molar-refractivity contribution in [2.45, 2.75) is 0 Å². The normalized spacial score (nSPS) is 12.1. The molecule has 0 amide bonds. The van der Waals surface area contributed by atoms with Gasteiger partial charge in [0.15, 0.2) is 8.07 Å². The third-order valence-electron chi connectivity index (χ3n) is 13.5. The largest absolute Gasteiger partial charge is 0.456 e. The van der Waals surface area contributed by atoms with E-state index < -0.39 is 8.07 Å². The summed E-state index contributed by atoms with van der Waals surface area (Å²) in [4.78, 5) is 0. The molecule has 13 aromatic rings. The average molecular weight is 833 g/mol. The van der Waals surface area contributed by atoms with Crippen molar-refractivity contribution >= 4 is 94.4 Å². The van der Waals surface area contributed by atoms with Crippen LogP contribution in [-0.4, -0.2) is 17.2 Å². The van der Waals surface area contributed by atoms with E-state index in [0.29, 0.717) is 0 Å². The van der Waals surface area contributed by atoms with Crippen LogP contribution in [0.25, 0.3) is 88.1 Å². The average Bonchev–Trinajstić information content (AvgIpc) is 4.02. The van der Waals surface area contributed by atoms with E-state index in [4.69, 9.17) is 4.42 Å². The summed E-state index contributed by atoms with van der Waals surface area (Å²) in [5.41, 5.74) is 11.1. The Morgan fingerprint density at radius 1 is 0.266 bits per heavy atom. The van der Waals surface area contributed by atoms with Crippen LogP contribution in [-0.2, 0) is 0 Å². The van der Waals surface area contributed by atoms with Crippen molar-refractivity contribution in [2.75, 3.05) is 0 Å². The summed E-state index contributed by atoms with van der Waals surface area (Å²) < 4.78 is 11.2. The molecule has 0 aliphatic heterocycles. The van der Waals surface area contributed by atoms with Gasteiger partial charge in [0.1, 0.15) is 11.2 Å². The third kappa shape index (κ3) is 5.46. The molecule has 4 heteroatoms. The molecule has 0 unspecified atom stereocenters. The third-order valence-corrected chi connectivity index (χ3v) is 18.3. The Morgan fingerprint density at radius 2 is 0.703 bits per heavy atom. The van der Waals surface area contributed by atoms with Crippen LogP contribution < -0.4 is 20.7 Å². The monoisotopic (exact) mass is 832 g/mol. The maximum atomic E-state index is 6.32. The summed E-state index contributed by atoms with van der Waals surface area (Å²) in [6, 6.07) is 89.2. The van der Waals surface area contributed by atoms with E-state index in [2.05, 4.69) is 240 Å². The second kappa shape index (κ2) is 14.5. The molecule has 13 rings (SSSR count). The molecule has 0 saturated carbocycles. The number of furan rings is 1. The van der Waals surface area contributed by atoms with Crippen LogP contribution in [0.15, 0.2) is 247 Å². The minimum absolute atomic E-state index is 0.904. The maximum Gasteiger partial charge on any atom is 0.179 e. The second-order valence-electron chi connectivity index (χ2n) is 16.8. The number of hydrogen-bond acceptors (Lipinski definition) is 1. The number of para-hydroxylation sites is 3. The highest BCUT2D eigenvalue weighted by Crippen LogP contribution is 2.39. The molecule has 0 fully saturated rings. The Kier molecular flexibility index (Phi) is 8.23. The standard InChI is InChI=1S/C60H40N2OSi/c1-4-16-45(17-5-1)64(46-18-6-2-7-19-46,47-20-8-3-9-21-47)48-33-30-43(31-34-48)61-56-26-14-11-23-50(56)54-40-44(32-37-57(54)61)62-55-25-13-10-22-49(55)51-35-28-41(38-58(51)62)42-29-36-53-52-24-12-15-27-59(52)63-60(53)39-42/h1-40H. The van der Waals surface area contributed by atoms with Crippen LogP contribution in [0.4, 0.5) is 0 Å². The van der Waals surface area contributed by atoms with Gasteiger partial charge in [-0.05, 0) is 98.6 Å². The van der Waals surface area contributed by atoms with Crippen molar-refractivity contribution in [1.82, 2.24) is 9.13 Å². The van der Waals surface area contributed by atoms with Gasteiger partial charge in [-0.1, -0.05) is 176 Å². The van der Waals surface area contributed by atoms with Gasteiger partial charge in [-0.2, -0.15) is 0 Å². The lowest BCUT2D eigenvalue weighted by Gasteiger charge is -2.34. The Balaban J connectivity index is 0.969. The fourth-order valence-corrected chi connectivity index (χ4v) is 15.4. The molecule has 300 valence electrons. The first-order chi connectivity index (χ1) is 31.7. The number of nitrogens with zero attached hydrogens (tertiary/aromatic N) is 2. The molecule has 0 atom stereocenters. The number of rotatable bonds is 7. The van der Waals surface area contributed by atoms with Crippen molar-refractivity contribution in [1.29, 1.82) is 0 Å². The van der Waals surface area contributed by atoms with Crippen molar-refractivity contribution in [3.8, 4) is 22.5 Å². The zero-order valence-corrected chi connectivity index (χ0v) is 35.9. The van der Waals surface area contributed by atoms with E-state index >= 15 is 0 Å². The van der Waals surface area contributed by atoms with Crippen LogP contribution in [0.5, 0.6) is 0 Å². The summed E-state index contributed by atoms with van der Waals surface area (Å²) >= 11 is 0. The van der Waals surface area contributed by atoms with E-state index in [-0.39, 0.29) is 0 Å². The lowest BCUT2D eigenvalue weighted by Crippen LogP contribution is -2.74. The van der Waals surface area contributed by atoms with Gasteiger partial charge in [0.2, 0.25) is 0 Å². The molecule has 0 spiro atoms. The molecule has 64 heavy (non-hydrogen) atoms. The molecule has 3 aromatic heterocycles. The fourth-order valence-electron chi connectivity index (χ4n) is 10.6. The minimum Gasteiger partial charge on any atom is -0.456 e. The van der Waals surface area contributed by atoms with Crippen LogP contribution in [0, 0.1) is 0 Å². The summed E-state index contributed by atoms with van der Waals surface area (Å²) in [5.74, 6) is 0. The predicted molar refractivity (Wildman–Crippen MR) is 271 cm³/mol. The number of hydrogen-bond donors (Lipinski definition) is 0. The quantitative estimate of drug-likeness (QED) is 0.116. The van der Waals surface area contributed by atoms with Crippen LogP contribution in [0.1, 0.15) is 0 Å². The van der Waals surface area contributed by atoms with Crippen LogP contribution in [0.3, 0.4) is 0 Å². The van der Waals surface area contributed by atoms with E-state index in [0.717, 1.165) is 44.4 Å². The maximum absolute atomic E-state index is 6.32. The first kappa shape index (κ1) is 36.5. The van der Waals surface area contributed by atoms with Crippen molar-refractivity contribution < 1.29 is 4.42 Å². The highest BCUT2D eigenvalue weighted by Gasteiger charge is 2.41. The highest BCUT2D eigenvalue weighted by atomic mass is 28.3. The van der Waals surface area contributed by atoms with Crippen molar-refractivity contribution in [2.24, 2.45) is 0 Å². The fraction of sp³-hybridized carbons (Fsp3) is 0. The van der Waals surface area contributed by atoms with Crippen LogP contribution >= 0.6 is 0 Å². The molecule has 0 saturated heterocycles. The second-order valence-corrected chi connectivity index (χ2v) is 20.7. The van der Waals surface area contributed by atoms with Gasteiger partial charge in [0, 0.05) is 43.7 Å². The van der Waals surface area contributed by atoms with Gasteiger partial charge >= 0.3 is 0 Å². The molecule has 0 aliphatic rings. The molecule has 3 nitrogen and oxygen atoms in total. The Bertz CT molecular complexity index is 3790. The molecule has 0 aliphatic carbocycles. The van der Waals surface area contributed by atoms with E-state index in [1.807, 2.05) is 12.1 Å². The summed E-state index contributed by atoms with van der Waals surface area (Å²) in [6.07, 6.45) is 0. The smallest absolute Gasteiger partial charge is 0.179 e. The topological polar surface area (TPSA) is 23.0 Å². The SMILES string of the molecule is c1ccc([Si](c2ccccc2)(c2ccccc2)c2ccc(-n3c4ccccc4c4cc(-n5c6ccccc6c6ccc(-c7ccc8c(c7)oc7ccccc78)cc65)ccc43)cc2)cc1. The Morgan fingerprint density at radius 3 is 1.34 bits per heavy atom. The number of benzene rings is 10. The summed E-state index contributed by atoms with van der Waals surface area (Å²) in [7, 11) is -2.66. The van der Waals surface area contributed by atoms with E-state index in [9.17, 15) is 0 Å². The summed E-state index contributed by atoms with van der Waals surface area (Å²) in [5, 5.41) is 12.7. The molecule has 3 heterocycles. The Hall–Kier alpha value is -8.18. The molecular formula is C60H40N2OSi. The zero-order chi connectivity index (χ0) is 42.2. The van der Waals surface area contributed by atoms with Crippen LogP contribution in [0.2, 0.25) is 0 Å².